The van der Waals surface area contributed by atoms with Gasteiger partial charge in [0.2, 0.25) is 11.6 Å². The number of aromatic amines is 4. The molecule has 1 aliphatic heterocycles. The second kappa shape index (κ2) is 14.0. The van der Waals surface area contributed by atoms with Gasteiger partial charge in [-0.1, -0.05) is 11.6 Å². The van der Waals surface area contributed by atoms with Gasteiger partial charge in [0.15, 0.2) is 0 Å². The molecule has 0 aliphatic carbocycles. The Morgan fingerprint density at radius 1 is 1.23 bits per heavy atom. The van der Waals surface area contributed by atoms with Crippen LogP contribution in [0.1, 0.15) is 31.1 Å². The summed E-state index contributed by atoms with van der Waals surface area (Å²) in [4.78, 5) is 73.9. The fourth-order valence-corrected chi connectivity index (χ4v) is 2.50. The zero-order valence-corrected chi connectivity index (χ0v) is 21.7. The summed E-state index contributed by atoms with van der Waals surface area (Å²) in [6.45, 7) is 0.553. The Balaban J connectivity index is 0.000000509. The number of aromatic nitrogens is 6. The Hall–Kier alpha value is -2.67. The van der Waals surface area contributed by atoms with Gasteiger partial charge in [-0.15, -0.1) is 0 Å². The number of aromatic hydroxyl groups is 1. The molecule has 0 aromatic carbocycles. The Morgan fingerprint density at radius 3 is 2.43 bits per heavy atom. The number of nitrogens with one attached hydrogen (secondary N) is 4. The van der Waals surface area contributed by atoms with Crippen LogP contribution in [0.25, 0.3) is 0 Å². The maximum Gasteiger partial charge on any atom is 0.372 e. The first-order chi connectivity index (χ1) is 16.0. The number of nitrogens with zero attached hydrogens (tertiary/aromatic N) is 2. The van der Waals surface area contributed by atoms with E-state index in [1.165, 1.54) is 6.20 Å². The third-order valence-electron chi connectivity index (χ3n) is 3.86. The number of carbonyl (C=O) groups is 1. The van der Waals surface area contributed by atoms with E-state index >= 15 is 0 Å². The molecule has 0 saturated carbocycles. The minimum atomic E-state index is -1.45. The third-order valence-corrected chi connectivity index (χ3v) is 4.16. The normalized spacial score (nSPS) is 13.9. The number of ether oxygens (including phenoxy) is 1. The predicted octanol–water partition coefficient (Wildman–Crippen LogP) is -1.26. The van der Waals surface area contributed by atoms with E-state index in [9.17, 15) is 33.2 Å². The summed E-state index contributed by atoms with van der Waals surface area (Å²) in [7, 11) is 0. The van der Waals surface area contributed by atoms with Crippen molar-refractivity contribution in [2.24, 2.45) is 0 Å². The minimum absolute atomic E-state index is 0. The summed E-state index contributed by atoms with van der Waals surface area (Å²) in [5.74, 6) is -3.28. The topological polar surface area (TPSA) is 233 Å². The summed E-state index contributed by atoms with van der Waals surface area (Å²) in [6.07, 6.45) is 3.16. The van der Waals surface area contributed by atoms with Crippen molar-refractivity contribution in [3.05, 3.63) is 87.3 Å². The van der Waals surface area contributed by atoms with Gasteiger partial charge < -0.3 is 19.9 Å². The molecule has 1 fully saturated rings. The molecule has 0 bridgehead atoms. The third kappa shape index (κ3) is 9.47. The minimum Gasteiger partial charge on any atom is -0.506 e. The molecular formula is C17H18ClFKN6O9. The van der Waals surface area contributed by atoms with Gasteiger partial charge in [0.1, 0.15) is 12.0 Å². The van der Waals surface area contributed by atoms with Crippen LogP contribution in [-0.4, -0.2) is 104 Å². The van der Waals surface area contributed by atoms with Crippen LogP contribution in [0, 0.1) is 5.82 Å². The first kappa shape index (κ1) is 30.4. The molecule has 35 heavy (non-hydrogen) atoms. The first-order valence-electron chi connectivity index (χ1n) is 9.11. The fourth-order valence-electron chi connectivity index (χ4n) is 2.39. The van der Waals surface area contributed by atoms with Gasteiger partial charge in [-0.3, -0.25) is 29.1 Å². The number of hydrogen-bond donors (Lipinski definition) is 6. The standard InChI is InChI=1S/C8H9FN2O3.C5H4ClNO2.C4H3N3O4.K.H2/c9-5-4-11(6-2-1-3-14-6)8(13)10-7(5)12;6-3-2-7-5(9)1-4(3)8;8-2(9)1-5-3(10)7-4(11)6-1;;/h4,6H,1-3H2,(H,10,12,13);1-2H,(H2,7,8,9);(H,8,9)(H2,5,6,7,10,11);;1H. The monoisotopic (exact) mass is 543 g/mol. The number of carboxylic acid groups (broad SMARTS) is 1. The molecule has 15 nitrogen and oxygen atoms in total. The molecule has 0 amide bonds. The van der Waals surface area contributed by atoms with Crippen molar-refractivity contribution < 1.29 is 25.6 Å². The van der Waals surface area contributed by atoms with Crippen molar-refractivity contribution in [1.29, 1.82) is 0 Å². The van der Waals surface area contributed by atoms with E-state index in [0.29, 0.717) is 13.0 Å². The van der Waals surface area contributed by atoms with Gasteiger partial charge in [0.25, 0.3) is 11.1 Å². The van der Waals surface area contributed by atoms with E-state index in [2.05, 4.69) is 9.97 Å². The second-order valence-electron chi connectivity index (χ2n) is 6.29. The molecule has 4 heterocycles. The molecule has 185 valence electrons. The van der Waals surface area contributed by atoms with Crippen molar-refractivity contribution in [2.45, 2.75) is 19.1 Å². The summed E-state index contributed by atoms with van der Waals surface area (Å²) < 4.78 is 19.1. The Morgan fingerprint density at radius 2 is 1.91 bits per heavy atom. The number of pyridine rings is 1. The van der Waals surface area contributed by atoms with Crippen LogP contribution in [0.5, 0.6) is 5.75 Å². The summed E-state index contributed by atoms with van der Waals surface area (Å²) in [6, 6.07) is 1.02. The average molecular weight is 544 g/mol. The maximum atomic E-state index is 12.9. The first-order valence-corrected chi connectivity index (χ1v) is 9.49. The van der Waals surface area contributed by atoms with E-state index in [1.54, 1.807) is 4.98 Å². The summed E-state index contributed by atoms with van der Waals surface area (Å²) in [5.41, 5.74) is -3.86. The Bertz CT molecular complexity index is 1440. The smallest absolute Gasteiger partial charge is 0.372 e. The Kier molecular flexibility index (Phi) is 12.2. The van der Waals surface area contributed by atoms with E-state index < -0.39 is 46.5 Å². The molecule has 6 N–H and O–H groups in total. The van der Waals surface area contributed by atoms with Crippen LogP contribution < -0.4 is 28.2 Å². The molecule has 1 unspecified atom stereocenters. The number of carboxylic acids is 1. The predicted molar refractivity (Wildman–Crippen MR) is 120 cm³/mol. The van der Waals surface area contributed by atoms with Gasteiger partial charge in [0, 0.05) is 71.7 Å². The van der Waals surface area contributed by atoms with E-state index in [-0.39, 0.29) is 69.1 Å². The van der Waals surface area contributed by atoms with Gasteiger partial charge in [-0.25, -0.2) is 19.2 Å². The summed E-state index contributed by atoms with van der Waals surface area (Å²) >= 11 is 5.36. The molecule has 4 rings (SSSR count). The molecular weight excluding hydrogens is 526 g/mol. The number of halogens is 2. The van der Waals surface area contributed by atoms with Gasteiger partial charge in [-0.2, -0.15) is 9.37 Å². The van der Waals surface area contributed by atoms with Crippen molar-refractivity contribution in [1.82, 2.24) is 29.5 Å². The van der Waals surface area contributed by atoms with Gasteiger partial charge in [-0.05, 0) is 12.8 Å². The van der Waals surface area contributed by atoms with Crippen LogP contribution in [0.4, 0.5) is 4.39 Å². The molecule has 1 saturated heterocycles. The Labute approximate surface area is 240 Å². The fraction of sp³-hybridized carbons (Fsp3) is 0.235. The van der Waals surface area contributed by atoms with E-state index in [0.717, 1.165) is 23.3 Å². The van der Waals surface area contributed by atoms with E-state index in [4.69, 9.17) is 26.6 Å². The number of hydrogen-bond acceptors (Lipinski definition) is 9. The molecule has 1 aliphatic rings. The zero-order chi connectivity index (χ0) is 25.4. The van der Waals surface area contributed by atoms with Crippen molar-refractivity contribution in [2.75, 3.05) is 6.61 Å². The second-order valence-corrected chi connectivity index (χ2v) is 6.70. The average Bonchev–Trinajstić information content (AvgIpc) is 3.28. The van der Waals surface area contributed by atoms with Crippen LogP contribution in [0.15, 0.2) is 42.4 Å². The van der Waals surface area contributed by atoms with Gasteiger partial charge >= 0.3 is 23.0 Å². The van der Waals surface area contributed by atoms with Crippen LogP contribution >= 0.6 is 11.6 Å². The van der Waals surface area contributed by atoms with E-state index in [1.807, 2.05) is 9.97 Å². The number of H-pyrrole nitrogens is 4. The van der Waals surface area contributed by atoms with Crippen LogP contribution in [0.2, 0.25) is 5.02 Å². The molecule has 18 heteroatoms. The zero-order valence-electron chi connectivity index (χ0n) is 17.8. The molecule has 3 aromatic heterocycles. The van der Waals surface area contributed by atoms with Crippen molar-refractivity contribution >= 4 is 69.0 Å². The van der Waals surface area contributed by atoms with Gasteiger partial charge in [0.05, 0.1) is 11.2 Å². The van der Waals surface area contributed by atoms with Crippen LogP contribution in [-0.2, 0) is 4.74 Å². The molecule has 1 radical (unpaired) electrons. The molecule has 3 aromatic rings. The quantitative estimate of drug-likeness (QED) is 0.210. The summed E-state index contributed by atoms with van der Waals surface area (Å²) in [5, 5.41) is 17.1. The maximum absolute atomic E-state index is 12.9. The van der Waals surface area contributed by atoms with Crippen LogP contribution in [0.3, 0.4) is 0 Å². The van der Waals surface area contributed by atoms with Crippen molar-refractivity contribution in [3.63, 3.8) is 0 Å². The van der Waals surface area contributed by atoms with Crippen molar-refractivity contribution in [3.8, 4) is 5.75 Å². The SMILES string of the molecule is O=C(O)c1nc(=O)[nH]c(=O)[nH]1.O=c1[nH]c(=O)n(C2CCCO2)cc1F.O=c1cc(O)c(Cl)c[nH]1.[HH].[K]. The number of aromatic carboxylic acids is 1. The molecule has 1 atom stereocenters. The molecule has 0 spiro atoms. The largest absolute Gasteiger partial charge is 0.506 e. The number of rotatable bonds is 2.